The van der Waals surface area contributed by atoms with Crippen LogP contribution in [0, 0.1) is 0 Å². The molecule has 0 spiro atoms. The first-order valence-corrected chi connectivity index (χ1v) is 14.6. The number of carbonyl (C=O) groups excluding carboxylic acids is 2. The van der Waals surface area contributed by atoms with E-state index in [9.17, 15) is 35.9 Å². The number of rotatable bonds is 9. The molecule has 0 aliphatic heterocycles. The van der Waals surface area contributed by atoms with Crippen molar-refractivity contribution in [3.63, 3.8) is 0 Å². The van der Waals surface area contributed by atoms with Crippen LogP contribution in [-0.2, 0) is 23.2 Å². The molecule has 0 aromatic carbocycles. The van der Waals surface area contributed by atoms with Crippen LogP contribution in [0.2, 0.25) is 32.7 Å². The van der Waals surface area contributed by atoms with Crippen molar-refractivity contribution in [3.05, 3.63) is 12.2 Å². The maximum atomic E-state index is 13.3. The van der Waals surface area contributed by atoms with Gasteiger partial charge >= 0.3 is 30.4 Å². The molecule has 0 saturated heterocycles. The van der Waals surface area contributed by atoms with Crippen LogP contribution in [0.4, 0.5) is 26.3 Å². The molecule has 0 aliphatic rings. The first-order chi connectivity index (χ1) is 12.4. The predicted octanol–water partition coefficient (Wildman–Crippen LogP) is 4.50. The number of ether oxygens (including phenoxy) is 2. The van der Waals surface area contributed by atoms with Crippen molar-refractivity contribution in [1.82, 2.24) is 0 Å². The number of halogens is 6. The molecule has 2 atom stereocenters. The number of carbonyl (C=O) groups is 2. The van der Waals surface area contributed by atoms with Crippen molar-refractivity contribution in [2.75, 3.05) is 0 Å². The summed E-state index contributed by atoms with van der Waals surface area (Å²) in [6.07, 6.45) is -9.97. The molecule has 2 unspecified atom stereocenters. The third-order valence-electron chi connectivity index (χ3n) is 3.25. The van der Waals surface area contributed by atoms with Crippen molar-refractivity contribution in [2.45, 2.75) is 70.3 Å². The summed E-state index contributed by atoms with van der Waals surface area (Å²) < 4.78 is 89.4. The summed E-state index contributed by atoms with van der Waals surface area (Å²) in [5.74, 6) is -8.72. The van der Waals surface area contributed by atoms with Crippen LogP contribution < -0.4 is 0 Å². The van der Waals surface area contributed by atoms with E-state index in [0.29, 0.717) is 12.5 Å². The van der Waals surface area contributed by atoms with Crippen molar-refractivity contribution in [2.24, 2.45) is 0 Å². The lowest BCUT2D eigenvalue weighted by atomic mass is 10.3. The topological polar surface area (TPSA) is 61.8 Å². The maximum absolute atomic E-state index is 13.3. The van der Waals surface area contributed by atoms with E-state index in [2.05, 4.69) is 4.74 Å². The fraction of sp³-hybridized carbons (Fsp3) is 0.733. The molecule has 0 rings (SSSR count). The molecule has 28 heavy (non-hydrogen) atoms. The lowest BCUT2D eigenvalue weighted by molar-refractivity contribution is -0.354. The van der Waals surface area contributed by atoms with Crippen molar-refractivity contribution < 1.29 is 49.5 Å². The Morgan fingerprint density at radius 3 is 1.79 bits per heavy atom. The van der Waals surface area contributed by atoms with E-state index >= 15 is 0 Å². The Kier molecular flexibility index (Phi) is 8.98. The van der Waals surface area contributed by atoms with Crippen LogP contribution in [0.25, 0.3) is 0 Å². The van der Waals surface area contributed by atoms with Gasteiger partial charge in [0.2, 0.25) is 8.32 Å². The molecular weight excluding hydrogens is 430 g/mol. The molecule has 0 N–H and O–H groups in total. The minimum absolute atomic E-state index is 0.0887. The van der Waals surface area contributed by atoms with Crippen LogP contribution in [0.5, 0.6) is 0 Å². The Balaban J connectivity index is 5.11. The zero-order valence-corrected chi connectivity index (χ0v) is 18.3. The fourth-order valence-corrected chi connectivity index (χ4v) is 10.5. The molecular formula is C15H24F6O5Si2. The van der Waals surface area contributed by atoms with Crippen molar-refractivity contribution >= 4 is 28.6 Å². The van der Waals surface area contributed by atoms with Crippen LogP contribution in [0.15, 0.2) is 12.2 Å². The lowest BCUT2D eigenvalue weighted by Gasteiger charge is -2.36. The molecule has 0 radical (unpaired) electrons. The summed E-state index contributed by atoms with van der Waals surface area (Å²) in [5.41, 5.74) is -0.635. The van der Waals surface area contributed by atoms with E-state index in [1.54, 1.807) is 6.92 Å². The highest BCUT2D eigenvalue weighted by Gasteiger charge is 2.66. The van der Waals surface area contributed by atoms with E-state index in [4.69, 9.17) is 8.85 Å². The molecule has 0 saturated carbocycles. The molecule has 5 nitrogen and oxygen atoms in total. The van der Waals surface area contributed by atoms with Gasteiger partial charge in [0.05, 0.1) is 0 Å². The summed E-state index contributed by atoms with van der Waals surface area (Å²) in [6, 6.07) is 0. The van der Waals surface area contributed by atoms with E-state index in [-0.39, 0.29) is 6.08 Å². The van der Waals surface area contributed by atoms with Gasteiger partial charge in [-0.15, -0.1) is 0 Å². The van der Waals surface area contributed by atoms with Crippen molar-refractivity contribution in [1.29, 1.82) is 0 Å². The van der Waals surface area contributed by atoms with Crippen LogP contribution in [0.3, 0.4) is 0 Å². The number of hydrogen-bond acceptors (Lipinski definition) is 5. The smallest absolute Gasteiger partial charge is 0.460 e. The summed E-state index contributed by atoms with van der Waals surface area (Å²) >= 11 is 0. The third kappa shape index (κ3) is 7.95. The van der Waals surface area contributed by atoms with Crippen LogP contribution in [-0.4, -0.2) is 52.8 Å². The highest BCUT2D eigenvalue weighted by atomic mass is 28.4. The Morgan fingerprint density at radius 1 is 0.964 bits per heavy atom. The zero-order chi connectivity index (χ0) is 22.6. The predicted molar refractivity (Wildman–Crippen MR) is 93.2 cm³/mol. The summed E-state index contributed by atoms with van der Waals surface area (Å²) in [4.78, 5) is 23.1. The molecule has 0 aromatic rings. The van der Waals surface area contributed by atoms with Gasteiger partial charge in [0.1, 0.15) is 5.73 Å². The van der Waals surface area contributed by atoms with Gasteiger partial charge in [-0.25, -0.2) is 18.4 Å². The van der Waals surface area contributed by atoms with Gasteiger partial charge in [-0.05, 0) is 39.2 Å². The third-order valence-corrected chi connectivity index (χ3v) is 9.88. The molecule has 0 heterocycles. The van der Waals surface area contributed by atoms with Crippen molar-refractivity contribution in [3.8, 4) is 0 Å². The van der Waals surface area contributed by atoms with Gasteiger partial charge in [-0.3, -0.25) is 0 Å². The summed E-state index contributed by atoms with van der Waals surface area (Å²) in [6.45, 7) is 11.2. The van der Waals surface area contributed by atoms with E-state index in [1.165, 1.54) is 0 Å². The monoisotopic (exact) mass is 454 g/mol. The largest absolute Gasteiger partial charge is 0.466 e. The number of alkyl halides is 6. The quantitative estimate of drug-likeness (QED) is 0.222. The molecule has 13 heteroatoms. The van der Waals surface area contributed by atoms with E-state index in [1.807, 2.05) is 32.7 Å². The van der Waals surface area contributed by atoms with Gasteiger partial charge in [0.15, 0.2) is 8.32 Å². The minimum atomic E-state index is -6.15. The highest BCUT2D eigenvalue weighted by molar-refractivity contribution is 6.84. The Bertz CT molecular complexity index is 588. The average Bonchev–Trinajstić information content (AvgIpc) is 2.46. The van der Waals surface area contributed by atoms with Gasteiger partial charge in [-0.2, -0.15) is 17.6 Å². The van der Waals surface area contributed by atoms with Gasteiger partial charge in [0, 0.05) is 12.2 Å². The molecule has 0 amide bonds. The molecule has 0 fully saturated rings. The molecule has 0 bridgehead atoms. The SMILES string of the molecule is CCC(OC(=O)C=CC(=O)OC(F)(C(F)F)C(F)(F)F)[Si](C)(C)O[Si](C)(C)C. The first kappa shape index (κ1) is 26.7. The second-order valence-corrected chi connectivity index (χ2v) is 16.2. The second-order valence-electron chi connectivity index (χ2n) is 7.35. The van der Waals surface area contributed by atoms with E-state index < -0.39 is 52.8 Å². The summed E-state index contributed by atoms with van der Waals surface area (Å²) in [7, 11) is -4.46. The maximum Gasteiger partial charge on any atom is 0.466 e. The Morgan fingerprint density at radius 2 is 1.43 bits per heavy atom. The average molecular weight is 455 g/mol. The fourth-order valence-electron chi connectivity index (χ4n) is 2.29. The minimum Gasteiger partial charge on any atom is -0.460 e. The number of esters is 2. The highest BCUT2D eigenvalue weighted by Crippen LogP contribution is 2.40. The molecule has 0 aliphatic carbocycles. The summed E-state index contributed by atoms with van der Waals surface area (Å²) in [5, 5.41) is 0. The number of hydrogen-bond donors (Lipinski definition) is 0. The zero-order valence-electron chi connectivity index (χ0n) is 16.3. The first-order valence-electron chi connectivity index (χ1n) is 8.21. The normalized spacial score (nSPS) is 16.8. The van der Waals surface area contributed by atoms with Gasteiger partial charge in [-0.1, -0.05) is 6.92 Å². The molecule has 164 valence electrons. The Labute approximate surface area is 161 Å². The Hall–Kier alpha value is -1.35. The van der Waals surface area contributed by atoms with Gasteiger partial charge < -0.3 is 13.6 Å². The van der Waals surface area contributed by atoms with Crippen LogP contribution in [0.1, 0.15) is 13.3 Å². The second kappa shape index (κ2) is 9.43. The van der Waals surface area contributed by atoms with Gasteiger partial charge in [0.25, 0.3) is 0 Å². The van der Waals surface area contributed by atoms with Crippen LogP contribution >= 0.6 is 0 Å². The standard InChI is InChI=1S/C15H24F6O5Si2/c1-7-12(28(5,6)26-27(2,3)4)24-10(22)8-9-11(23)25-14(18,13(16)17)15(19,20)21/h8-9,12-13H,7H2,1-6H3. The molecule has 0 aromatic heterocycles. The van der Waals surface area contributed by atoms with E-state index in [0.717, 1.165) is 0 Å². The lowest BCUT2D eigenvalue weighted by Crippen LogP contribution is -2.52.